The molecule has 3 heterocycles. The van der Waals surface area contributed by atoms with E-state index in [1.165, 1.54) is 24.3 Å². The van der Waals surface area contributed by atoms with E-state index in [9.17, 15) is 4.79 Å². The van der Waals surface area contributed by atoms with Gasteiger partial charge in [-0.05, 0) is 69.8 Å². The number of hydrogen-bond acceptors (Lipinski definition) is 6. The Morgan fingerprint density at radius 1 is 1.23 bits per heavy atom. The van der Waals surface area contributed by atoms with Crippen molar-refractivity contribution in [2.75, 3.05) is 44.9 Å². The molecular formula is C23H31N3O3S. The Morgan fingerprint density at radius 2 is 2.07 bits per heavy atom. The number of benzene rings is 1. The molecule has 1 aromatic heterocycles. The fourth-order valence-corrected chi connectivity index (χ4v) is 5.38. The number of ether oxygens (including phenoxy) is 2. The van der Waals surface area contributed by atoms with Gasteiger partial charge >= 0.3 is 0 Å². The van der Waals surface area contributed by atoms with Crippen LogP contribution in [0.25, 0.3) is 10.6 Å². The van der Waals surface area contributed by atoms with Gasteiger partial charge in [0, 0.05) is 36.7 Å². The number of thiazole rings is 1. The molecule has 0 spiro atoms. The molecule has 2 aromatic rings. The van der Waals surface area contributed by atoms with E-state index in [0.29, 0.717) is 12.6 Å². The van der Waals surface area contributed by atoms with Crippen molar-refractivity contribution in [1.29, 1.82) is 0 Å². The molecule has 1 amide bonds. The third-order valence-corrected chi connectivity index (χ3v) is 7.09. The number of rotatable bonds is 8. The lowest BCUT2D eigenvalue weighted by atomic mass is 10.2. The third-order valence-electron chi connectivity index (χ3n) is 5.94. The number of carbonyl (C=O) groups is 1. The van der Waals surface area contributed by atoms with Gasteiger partial charge in [0.1, 0.15) is 23.2 Å². The zero-order valence-electron chi connectivity index (χ0n) is 17.9. The summed E-state index contributed by atoms with van der Waals surface area (Å²) in [5, 5.41) is 0.951. The molecule has 0 N–H and O–H groups in total. The molecule has 0 aliphatic carbocycles. The number of anilines is 1. The molecule has 7 heteroatoms. The third kappa shape index (κ3) is 4.85. The van der Waals surface area contributed by atoms with Gasteiger partial charge in [0.15, 0.2) is 0 Å². The number of amides is 1. The van der Waals surface area contributed by atoms with Gasteiger partial charge in [-0.15, -0.1) is 11.3 Å². The van der Waals surface area contributed by atoms with E-state index >= 15 is 0 Å². The maximum absolute atomic E-state index is 12.3. The number of fused-ring (bicyclic) bond motifs is 1. The topological polar surface area (TPSA) is 54.9 Å². The average molecular weight is 430 g/mol. The summed E-state index contributed by atoms with van der Waals surface area (Å²) in [5.74, 6) is 1.67. The van der Waals surface area contributed by atoms with Gasteiger partial charge < -0.3 is 14.4 Å². The molecular weight excluding hydrogens is 398 g/mol. The van der Waals surface area contributed by atoms with Crippen molar-refractivity contribution in [3.05, 3.63) is 29.1 Å². The van der Waals surface area contributed by atoms with Crippen molar-refractivity contribution in [3.8, 4) is 16.3 Å². The summed E-state index contributed by atoms with van der Waals surface area (Å²) >= 11 is 1.68. The molecule has 1 saturated heterocycles. The van der Waals surface area contributed by atoms with Crippen molar-refractivity contribution >= 4 is 23.1 Å². The Balaban J connectivity index is 1.34. The van der Waals surface area contributed by atoms with Gasteiger partial charge in [0.05, 0.1) is 6.61 Å². The molecule has 1 unspecified atom stereocenters. The number of methoxy groups -OCH3 is 1. The number of carbonyl (C=O) groups excluding carboxylic acids is 1. The second-order valence-corrected chi connectivity index (χ2v) is 9.18. The van der Waals surface area contributed by atoms with E-state index in [1.807, 2.05) is 12.1 Å². The summed E-state index contributed by atoms with van der Waals surface area (Å²) in [4.78, 5) is 22.6. The Hall–Kier alpha value is -1.96. The molecule has 1 aromatic carbocycles. The van der Waals surface area contributed by atoms with Gasteiger partial charge in [0.25, 0.3) is 5.91 Å². The largest absolute Gasteiger partial charge is 0.494 e. The number of aryl methyl sites for hydroxylation is 1. The van der Waals surface area contributed by atoms with E-state index in [1.54, 1.807) is 23.3 Å². The van der Waals surface area contributed by atoms with Gasteiger partial charge in [-0.1, -0.05) is 0 Å². The van der Waals surface area contributed by atoms with Crippen LogP contribution < -0.4 is 9.64 Å². The molecule has 4 rings (SSSR count). The van der Waals surface area contributed by atoms with E-state index in [-0.39, 0.29) is 12.5 Å². The summed E-state index contributed by atoms with van der Waals surface area (Å²) in [7, 11) is 1.55. The Morgan fingerprint density at radius 3 is 2.80 bits per heavy atom. The highest BCUT2D eigenvalue weighted by atomic mass is 32.1. The molecule has 162 valence electrons. The van der Waals surface area contributed by atoms with Crippen molar-refractivity contribution in [3.63, 3.8) is 0 Å². The Labute approximate surface area is 182 Å². The maximum Gasteiger partial charge on any atom is 0.254 e. The van der Waals surface area contributed by atoms with Crippen LogP contribution in [0.4, 0.5) is 5.82 Å². The van der Waals surface area contributed by atoms with Crippen LogP contribution in [-0.4, -0.2) is 61.8 Å². The minimum absolute atomic E-state index is 0.0256. The lowest BCUT2D eigenvalue weighted by molar-refractivity contribution is -0.122. The van der Waals surface area contributed by atoms with Crippen LogP contribution in [0.3, 0.4) is 0 Å². The SMILES string of the molecule is COCC(=O)N1CCCc2sc(-c3ccc(OCCCN4CCCC4C)cc3)nc21. The van der Waals surface area contributed by atoms with Gasteiger partial charge in [-0.25, -0.2) is 4.98 Å². The fourth-order valence-electron chi connectivity index (χ4n) is 4.27. The fraction of sp³-hybridized carbons (Fsp3) is 0.565. The summed E-state index contributed by atoms with van der Waals surface area (Å²) in [6.07, 6.45) is 5.63. The molecule has 1 fully saturated rings. The summed E-state index contributed by atoms with van der Waals surface area (Å²) in [6.45, 7) is 6.20. The lowest BCUT2D eigenvalue weighted by Crippen LogP contribution is -2.37. The van der Waals surface area contributed by atoms with Crippen LogP contribution in [0.1, 0.15) is 37.5 Å². The normalized spacial score (nSPS) is 19.1. The summed E-state index contributed by atoms with van der Waals surface area (Å²) in [6, 6.07) is 8.87. The molecule has 2 aliphatic heterocycles. The van der Waals surface area contributed by atoms with Crippen LogP contribution in [0.15, 0.2) is 24.3 Å². The summed E-state index contributed by atoms with van der Waals surface area (Å²) < 4.78 is 11.0. The van der Waals surface area contributed by atoms with Crippen molar-refractivity contribution < 1.29 is 14.3 Å². The standard InChI is InChI=1S/C23H31N3O3S/c1-17-6-3-12-25(17)13-5-15-29-19-10-8-18(9-11-19)23-24-22-20(30-23)7-4-14-26(22)21(27)16-28-2/h8-11,17H,3-7,12-16H2,1-2H3. The quantitative estimate of drug-likeness (QED) is 0.594. The monoisotopic (exact) mass is 429 g/mol. The number of hydrogen-bond donors (Lipinski definition) is 0. The second-order valence-electron chi connectivity index (χ2n) is 8.10. The zero-order valence-corrected chi connectivity index (χ0v) is 18.7. The molecule has 30 heavy (non-hydrogen) atoms. The van der Waals surface area contributed by atoms with E-state index in [0.717, 1.165) is 54.6 Å². The molecule has 1 atom stereocenters. The minimum atomic E-state index is -0.0256. The highest BCUT2D eigenvalue weighted by Gasteiger charge is 2.26. The van der Waals surface area contributed by atoms with Crippen LogP contribution in [0.2, 0.25) is 0 Å². The molecule has 0 radical (unpaired) electrons. The Kier molecular flexibility index (Phi) is 7.02. The number of nitrogens with zero attached hydrogens (tertiary/aromatic N) is 3. The predicted octanol–water partition coefficient (Wildman–Crippen LogP) is 3.99. The zero-order chi connectivity index (χ0) is 20.9. The minimum Gasteiger partial charge on any atom is -0.494 e. The van der Waals surface area contributed by atoms with E-state index in [4.69, 9.17) is 14.5 Å². The van der Waals surface area contributed by atoms with Gasteiger partial charge in [-0.3, -0.25) is 9.69 Å². The highest BCUT2D eigenvalue weighted by Crippen LogP contribution is 2.37. The Bertz CT molecular complexity index is 852. The maximum atomic E-state index is 12.3. The first-order valence-electron chi connectivity index (χ1n) is 10.9. The smallest absolute Gasteiger partial charge is 0.254 e. The van der Waals surface area contributed by atoms with E-state index in [2.05, 4.69) is 24.0 Å². The number of likely N-dealkylation sites (tertiary alicyclic amines) is 1. The van der Waals surface area contributed by atoms with Crippen LogP contribution in [-0.2, 0) is 16.0 Å². The average Bonchev–Trinajstić information content (AvgIpc) is 3.37. The first kappa shape index (κ1) is 21.3. The highest BCUT2D eigenvalue weighted by molar-refractivity contribution is 7.15. The lowest BCUT2D eigenvalue weighted by Gasteiger charge is -2.25. The van der Waals surface area contributed by atoms with Gasteiger partial charge in [-0.2, -0.15) is 0 Å². The molecule has 0 bridgehead atoms. The first-order valence-corrected chi connectivity index (χ1v) is 11.7. The molecule has 2 aliphatic rings. The van der Waals surface area contributed by atoms with Gasteiger partial charge in [0.2, 0.25) is 0 Å². The van der Waals surface area contributed by atoms with Crippen molar-refractivity contribution in [2.24, 2.45) is 0 Å². The van der Waals surface area contributed by atoms with Crippen LogP contribution in [0, 0.1) is 0 Å². The van der Waals surface area contributed by atoms with E-state index < -0.39 is 0 Å². The molecule has 0 saturated carbocycles. The van der Waals surface area contributed by atoms with Crippen molar-refractivity contribution in [1.82, 2.24) is 9.88 Å². The first-order chi connectivity index (χ1) is 14.7. The molecule has 6 nitrogen and oxygen atoms in total. The van der Waals surface area contributed by atoms with Crippen LogP contribution in [0.5, 0.6) is 5.75 Å². The second kappa shape index (κ2) is 9.90. The van der Waals surface area contributed by atoms with Crippen molar-refractivity contribution in [2.45, 2.75) is 45.1 Å². The predicted molar refractivity (Wildman–Crippen MR) is 120 cm³/mol. The summed E-state index contributed by atoms with van der Waals surface area (Å²) in [5.41, 5.74) is 1.06. The number of aromatic nitrogens is 1. The van der Waals surface area contributed by atoms with Crippen LogP contribution >= 0.6 is 11.3 Å².